The summed E-state index contributed by atoms with van der Waals surface area (Å²) in [6.45, 7) is 2.40. The fourth-order valence-electron chi connectivity index (χ4n) is 6.22. The minimum Gasteiger partial charge on any atom is -0.478 e. The number of fused-ring (bicyclic) bond motifs is 4. The SMILES string of the molecule is C=C1C2=C(C(=O)OC3CCC(CC3)OC2=O)C(c2cccc(C(=O)O)c2C(=O)O)=C(c2cccc(C(=O)O)c2C(=O)O)C1(O)CO. The monoisotopic (exact) mass is 634 g/mol. The molecule has 1 fully saturated rings. The molecule has 0 saturated heterocycles. The molecule has 2 aliphatic heterocycles. The number of benzene rings is 2. The highest BCUT2D eigenvalue weighted by molar-refractivity contribution is 6.25. The lowest BCUT2D eigenvalue weighted by Crippen LogP contribution is -2.45. The smallest absolute Gasteiger partial charge is 0.339 e. The molecule has 238 valence electrons. The molecule has 6 N–H and O–H groups in total. The van der Waals surface area contributed by atoms with Gasteiger partial charge in [0, 0.05) is 11.1 Å². The Morgan fingerprint density at radius 3 is 1.57 bits per heavy atom. The summed E-state index contributed by atoms with van der Waals surface area (Å²) in [6, 6.07) is 6.18. The summed E-state index contributed by atoms with van der Waals surface area (Å²) < 4.78 is 11.4. The number of rotatable bonds is 7. The van der Waals surface area contributed by atoms with E-state index in [-0.39, 0.29) is 0 Å². The van der Waals surface area contributed by atoms with E-state index in [4.69, 9.17) is 9.47 Å². The highest BCUT2D eigenvalue weighted by Crippen LogP contribution is 2.52. The van der Waals surface area contributed by atoms with Gasteiger partial charge in [0.2, 0.25) is 0 Å². The van der Waals surface area contributed by atoms with Gasteiger partial charge in [-0.05, 0) is 54.5 Å². The zero-order valence-electron chi connectivity index (χ0n) is 23.8. The van der Waals surface area contributed by atoms with Crippen molar-refractivity contribution < 1.29 is 68.9 Å². The van der Waals surface area contributed by atoms with Crippen molar-refractivity contribution in [1.82, 2.24) is 0 Å². The van der Waals surface area contributed by atoms with Gasteiger partial charge in [-0.2, -0.15) is 0 Å². The van der Waals surface area contributed by atoms with Crippen molar-refractivity contribution in [2.24, 2.45) is 0 Å². The van der Waals surface area contributed by atoms with Gasteiger partial charge in [-0.1, -0.05) is 30.8 Å². The summed E-state index contributed by atoms with van der Waals surface area (Å²) in [7, 11) is 0. The molecule has 1 unspecified atom stereocenters. The average Bonchev–Trinajstić information content (AvgIpc) is 3.01. The van der Waals surface area contributed by atoms with Gasteiger partial charge in [0.05, 0.1) is 40.0 Å². The predicted molar refractivity (Wildman–Crippen MR) is 154 cm³/mol. The van der Waals surface area contributed by atoms with Crippen molar-refractivity contribution in [2.45, 2.75) is 43.5 Å². The molecule has 14 nitrogen and oxygen atoms in total. The van der Waals surface area contributed by atoms with Crippen molar-refractivity contribution in [1.29, 1.82) is 0 Å². The maximum Gasteiger partial charge on any atom is 0.339 e. The van der Waals surface area contributed by atoms with Gasteiger partial charge in [-0.3, -0.25) is 0 Å². The van der Waals surface area contributed by atoms with Crippen LogP contribution in [0.1, 0.15) is 78.2 Å². The van der Waals surface area contributed by atoms with E-state index < -0.39 is 121 Å². The Morgan fingerprint density at radius 2 is 1.13 bits per heavy atom. The molecule has 2 aliphatic carbocycles. The van der Waals surface area contributed by atoms with Gasteiger partial charge in [0.25, 0.3) is 0 Å². The standard InChI is InChI=1S/C32H26O14/c1-13-20-24(31(43)46-15-10-8-14(9-11-15)45-30(20)42)23(16-4-2-6-18(26(34)35)21(16)28(38)39)25(32(13,44)12-33)17-5-3-7-19(27(36)37)22(17)29(40)41/h2-7,14-15,33,44H,1,8-12H2,(H,34,35)(H,36,37)(H,38,39)(H,40,41). The lowest BCUT2D eigenvalue weighted by atomic mass is 9.67. The Bertz CT molecular complexity index is 1820. The molecule has 4 aliphatic rings. The first-order valence-electron chi connectivity index (χ1n) is 13.9. The molecule has 2 aromatic carbocycles. The molecule has 1 saturated carbocycles. The number of carboxylic acids is 4. The van der Waals surface area contributed by atoms with E-state index in [0.29, 0.717) is 25.7 Å². The maximum atomic E-state index is 14.1. The third-order valence-electron chi connectivity index (χ3n) is 8.33. The molecule has 14 heteroatoms. The highest BCUT2D eigenvalue weighted by Gasteiger charge is 2.51. The van der Waals surface area contributed by atoms with Gasteiger partial charge >= 0.3 is 35.8 Å². The molecule has 0 aromatic heterocycles. The molecule has 46 heavy (non-hydrogen) atoms. The molecule has 1 atom stereocenters. The molecular formula is C32H26O14. The Labute approximate surface area is 259 Å². The summed E-state index contributed by atoms with van der Waals surface area (Å²) in [5.41, 5.74) is -11.1. The second-order valence-corrected chi connectivity index (χ2v) is 10.9. The average molecular weight is 635 g/mol. The zero-order valence-corrected chi connectivity index (χ0v) is 23.8. The van der Waals surface area contributed by atoms with Crippen LogP contribution >= 0.6 is 0 Å². The Morgan fingerprint density at radius 1 is 0.696 bits per heavy atom. The van der Waals surface area contributed by atoms with Crippen molar-refractivity contribution in [3.63, 3.8) is 0 Å². The maximum absolute atomic E-state index is 14.1. The van der Waals surface area contributed by atoms with E-state index in [1.54, 1.807) is 0 Å². The second-order valence-electron chi connectivity index (χ2n) is 10.9. The first-order valence-corrected chi connectivity index (χ1v) is 13.9. The quantitative estimate of drug-likeness (QED) is 0.240. The van der Waals surface area contributed by atoms with Gasteiger partial charge < -0.3 is 40.1 Å². The minimum absolute atomic E-state index is 0.290. The molecule has 6 rings (SSSR count). The van der Waals surface area contributed by atoms with Crippen molar-refractivity contribution in [3.8, 4) is 0 Å². The number of carbonyl (C=O) groups is 6. The van der Waals surface area contributed by atoms with Crippen LogP contribution in [-0.2, 0) is 19.1 Å². The van der Waals surface area contributed by atoms with Crippen LogP contribution < -0.4 is 0 Å². The van der Waals surface area contributed by atoms with E-state index in [2.05, 4.69) is 6.58 Å². The van der Waals surface area contributed by atoms with E-state index in [0.717, 1.165) is 36.4 Å². The van der Waals surface area contributed by atoms with Gasteiger partial charge in [0.1, 0.15) is 17.8 Å². The van der Waals surface area contributed by atoms with Crippen LogP contribution in [0, 0.1) is 0 Å². The summed E-state index contributed by atoms with van der Waals surface area (Å²) in [5.74, 6) is -9.51. The number of aromatic carboxylic acids is 4. The van der Waals surface area contributed by atoms with Crippen molar-refractivity contribution >= 4 is 47.0 Å². The first-order chi connectivity index (χ1) is 21.7. The fourth-order valence-corrected chi connectivity index (χ4v) is 6.22. The van der Waals surface area contributed by atoms with Crippen LogP contribution in [-0.4, -0.2) is 90.9 Å². The molecule has 2 heterocycles. The summed E-state index contributed by atoms with van der Waals surface area (Å²) in [6.07, 6.45) is -0.110. The number of aliphatic hydroxyl groups excluding tert-OH is 1. The van der Waals surface area contributed by atoms with Crippen LogP contribution in [0.15, 0.2) is 59.7 Å². The highest BCUT2D eigenvalue weighted by atomic mass is 16.6. The molecule has 2 bridgehead atoms. The van der Waals surface area contributed by atoms with Crippen LogP contribution in [0.5, 0.6) is 0 Å². The number of carbonyl (C=O) groups excluding carboxylic acids is 2. The van der Waals surface area contributed by atoms with E-state index in [1.807, 2.05) is 0 Å². The summed E-state index contributed by atoms with van der Waals surface area (Å²) in [4.78, 5) is 77.5. The van der Waals surface area contributed by atoms with Gasteiger partial charge in [-0.25, -0.2) is 28.8 Å². The Kier molecular flexibility index (Phi) is 8.11. The second kappa shape index (κ2) is 11.7. The van der Waals surface area contributed by atoms with Crippen LogP contribution in [0.2, 0.25) is 0 Å². The third kappa shape index (κ3) is 5.02. The van der Waals surface area contributed by atoms with E-state index in [9.17, 15) is 59.4 Å². The van der Waals surface area contributed by atoms with Crippen LogP contribution in [0.4, 0.5) is 0 Å². The number of esters is 2. The molecule has 2 aromatic rings. The van der Waals surface area contributed by atoms with Gasteiger partial charge in [0.15, 0.2) is 0 Å². The molecule has 0 radical (unpaired) electrons. The van der Waals surface area contributed by atoms with E-state index in [1.165, 1.54) is 0 Å². The zero-order chi connectivity index (χ0) is 33.7. The topological polar surface area (TPSA) is 242 Å². The Hall–Kier alpha value is -5.60. The van der Waals surface area contributed by atoms with Crippen LogP contribution in [0.25, 0.3) is 11.1 Å². The predicted octanol–water partition coefficient (Wildman–Crippen LogP) is 2.39. The largest absolute Gasteiger partial charge is 0.478 e. The minimum atomic E-state index is -2.90. The molecular weight excluding hydrogens is 608 g/mol. The number of aliphatic hydroxyl groups is 2. The number of carboxylic acid groups (broad SMARTS) is 4. The summed E-state index contributed by atoms with van der Waals surface area (Å²) in [5, 5.41) is 63.1. The number of ether oxygens (including phenoxy) is 2. The van der Waals surface area contributed by atoms with E-state index >= 15 is 0 Å². The van der Waals surface area contributed by atoms with Crippen molar-refractivity contribution in [3.05, 3.63) is 93.1 Å². The summed E-state index contributed by atoms with van der Waals surface area (Å²) >= 11 is 0. The molecule has 0 amide bonds. The number of hydrogen-bond acceptors (Lipinski definition) is 10. The first kappa shape index (κ1) is 31.8. The van der Waals surface area contributed by atoms with Gasteiger partial charge in [-0.15, -0.1) is 0 Å². The fraction of sp³-hybridized carbons (Fsp3) is 0.250. The molecule has 0 spiro atoms. The number of hydrogen-bond donors (Lipinski definition) is 6. The lowest BCUT2D eigenvalue weighted by Gasteiger charge is -2.41. The Balaban J connectivity index is 2.07. The lowest BCUT2D eigenvalue weighted by molar-refractivity contribution is -0.155. The van der Waals surface area contributed by atoms with Crippen LogP contribution in [0.3, 0.4) is 0 Å². The normalized spacial score (nSPS) is 23.0. The van der Waals surface area contributed by atoms with Crippen molar-refractivity contribution in [2.75, 3.05) is 6.61 Å². The third-order valence-corrected chi connectivity index (χ3v) is 8.33.